The number of hydrogen-bond donors (Lipinski definition) is 2. The highest BCUT2D eigenvalue weighted by molar-refractivity contribution is 6.35. The van der Waals surface area contributed by atoms with Crippen LogP contribution in [0.15, 0.2) is 24.3 Å². The summed E-state index contributed by atoms with van der Waals surface area (Å²) in [7, 11) is 0. The predicted octanol–water partition coefficient (Wildman–Crippen LogP) is 5.12. The third kappa shape index (κ3) is 3.68. The van der Waals surface area contributed by atoms with Crippen molar-refractivity contribution >= 4 is 28.7 Å². The van der Waals surface area contributed by atoms with Crippen molar-refractivity contribution in [3.8, 4) is 0 Å². The van der Waals surface area contributed by atoms with Crippen molar-refractivity contribution in [2.45, 2.75) is 25.9 Å². The first-order valence-electron chi connectivity index (χ1n) is 9.20. The van der Waals surface area contributed by atoms with Gasteiger partial charge in [0, 0.05) is 30.9 Å². The van der Waals surface area contributed by atoms with Gasteiger partial charge in [-0.1, -0.05) is 17.7 Å². The number of rotatable bonds is 4. The molecule has 2 aliphatic rings. The molecule has 2 N–H and O–H groups in total. The number of nitrogens with zero attached hydrogens (tertiary/aromatic N) is 2. The van der Waals surface area contributed by atoms with E-state index in [0.717, 1.165) is 48.8 Å². The minimum atomic E-state index is -4.48. The van der Waals surface area contributed by atoms with Crippen molar-refractivity contribution in [3.05, 3.63) is 51.8 Å². The summed E-state index contributed by atoms with van der Waals surface area (Å²) in [6.45, 7) is 4.44. The molecule has 1 aromatic heterocycles. The van der Waals surface area contributed by atoms with E-state index in [9.17, 15) is 13.2 Å². The Bertz CT molecular complexity index is 938. The smallest absolute Gasteiger partial charge is 0.380 e. The lowest BCUT2D eigenvalue weighted by Gasteiger charge is -2.33. The Balaban J connectivity index is 1.73. The van der Waals surface area contributed by atoms with Gasteiger partial charge in [-0.3, -0.25) is 5.41 Å². The number of alkyl halides is 3. The summed E-state index contributed by atoms with van der Waals surface area (Å²) < 4.78 is 38.7. The molecular formula is C20H20ClF3N4. The third-order valence-corrected chi connectivity index (χ3v) is 5.44. The number of pyridine rings is 1. The Morgan fingerprint density at radius 3 is 2.71 bits per heavy atom. The number of hydrogen-bond acceptors (Lipinski definition) is 4. The van der Waals surface area contributed by atoms with Crippen molar-refractivity contribution in [1.29, 1.82) is 5.41 Å². The zero-order valence-electron chi connectivity index (χ0n) is 15.3. The van der Waals surface area contributed by atoms with Crippen molar-refractivity contribution in [1.82, 2.24) is 4.98 Å². The molecule has 0 atom stereocenters. The highest BCUT2D eigenvalue weighted by Crippen LogP contribution is 2.38. The lowest BCUT2D eigenvalue weighted by molar-refractivity contribution is -0.137. The second-order valence-electron chi connectivity index (χ2n) is 7.39. The van der Waals surface area contributed by atoms with Gasteiger partial charge in [0.25, 0.3) is 0 Å². The van der Waals surface area contributed by atoms with Gasteiger partial charge in [0.05, 0.1) is 27.7 Å². The summed E-state index contributed by atoms with van der Waals surface area (Å²) in [5.74, 6) is 0.715. The first kappa shape index (κ1) is 19.1. The summed E-state index contributed by atoms with van der Waals surface area (Å²) >= 11 is 6.11. The Hall–Kier alpha value is -2.28. The van der Waals surface area contributed by atoms with Crippen molar-refractivity contribution in [2.24, 2.45) is 5.92 Å². The predicted molar refractivity (Wildman–Crippen MR) is 105 cm³/mol. The van der Waals surface area contributed by atoms with E-state index in [4.69, 9.17) is 17.0 Å². The molecule has 0 radical (unpaired) electrons. The summed E-state index contributed by atoms with van der Waals surface area (Å²) in [6, 6.07) is 5.05. The lowest BCUT2D eigenvalue weighted by Crippen LogP contribution is -2.36. The van der Waals surface area contributed by atoms with Crippen molar-refractivity contribution in [3.63, 3.8) is 0 Å². The van der Waals surface area contributed by atoms with Gasteiger partial charge >= 0.3 is 6.18 Å². The number of anilines is 2. The van der Waals surface area contributed by atoms with Crippen LogP contribution in [0.5, 0.6) is 0 Å². The molecule has 148 valence electrons. The molecule has 1 aliphatic heterocycles. The fourth-order valence-electron chi connectivity index (χ4n) is 3.52. The standard InChI is InChI=1S/C20H20ClF3N4/c1-11-8-16-18(26-6-7-28(16)10-12-2-3-12)19(27-11)17(25)14-5-4-13(9-15(14)21)20(22,23)24/h4-5,8-9,12,25-26H,2-3,6-7,10H2,1H3. The van der Waals surface area contributed by atoms with E-state index in [-0.39, 0.29) is 16.3 Å². The Labute approximate surface area is 166 Å². The monoisotopic (exact) mass is 408 g/mol. The Morgan fingerprint density at radius 2 is 2.07 bits per heavy atom. The molecule has 4 rings (SSSR count). The largest absolute Gasteiger partial charge is 0.416 e. The molecule has 8 heteroatoms. The fraction of sp³-hybridized carbons (Fsp3) is 0.400. The molecule has 1 aliphatic carbocycles. The van der Waals surface area contributed by atoms with Crippen LogP contribution in [0.25, 0.3) is 0 Å². The minimum Gasteiger partial charge on any atom is -0.380 e. The van der Waals surface area contributed by atoms with Crippen LogP contribution >= 0.6 is 11.6 Å². The van der Waals surface area contributed by atoms with E-state index < -0.39 is 11.7 Å². The van der Waals surface area contributed by atoms with Crippen LogP contribution in [0.4, 0.5) is 24.5 Å². The quantitative estimate of drug-likeness (QED) is 0.690. The average molecular weight is 409 g/mol. The van der Waals surface area contributed by atoms with E-state index >= 15 is 0 Å². The van der Waals surface area contributed by atoms with Gasteiger partial charge in [-0.15, -0.1) is 0 Å². The minimum absolute atomic E-state index is 0.0134. The number of benzene rings is 1. The Morgan fingerprint density at radius 1 is 1.32 bits per heavy atom. The zero-order valence-corrected chi connectivity index (χ0v) is 16.1. The maximum absolute atomic E-state index is 12.9. The normalized spacial score (nSPS) is 16.5. The second kappa shape index (κ2) is 6.95. The fourth-order valence-corrected chi connectivity index (χ4v) is 3.80. The van der Waals surface area contributed by atoms with Crippen molar-refractivity contribution in [2.75, 3.05) is 29.9 Å². The third-order valence-electron chi connectivity index (χ3n) is 5.13. The molecule has 0 amide bonds. The van der Waals surface area contributed by atoms with Gasteiger partial charge < -0.3 is 10.2 Å². The molecule has 0 bridgehead atoms. The van der Waals surface area contributed by atoms with Crippen LogP contribution in [-0.4, -0.2) is 30.3 Å². The van der Waals surface area contributed by atoms with E-state index in [1.807, 2.05) is 13.0 Å². The summed E-state index contributed by atoms with van der Waals surface area (Å²) in [6.07, 6.45) is -1.99. The summed E-state index contributed by atoms with van der Waals surface area (Å²) in [5.41, 5.74) is 2.33. The van der Waals surface area contributed by atoms with E-state index in [1.54, 1.807) is 0 Å². The van der Waals surface area contributed by atoms with Gasteiger partial charge in [-0.05, 0) is 43.9 Å². The lowest BCUT2D eigenvalue weighted by atomic mass is 10.0. The SMILES string of the molecule is Cc1cc2c(c(C(=N)c3ccc(C(F)(F)F)cc3Cl)n1)NCCN2CC1CC1. The molecule has 1 saturated carbocycles. The molecule has 1 fully saturated rings. The van der Waals surface area contributed by atoms with Crippen LogP contribution < -0.4 is 10.2 Å². The van der Waals surface area contributed by atoms with Gasteiger partial charge in [-0.2, -0.15) is 13.2 Å². The van der Waals surface area contributed by atoms with Gasteiger partial charge in [0.1, 0.15) is 5.69 Å². The van der Waals surface area contributed by atoms with Gasteiger partial charge in [-0.25, -0.2) is 4.98 Å². The molecule has 2 heterocycles. The number of halogens is 4. The van der Waals surface area contributed by atoms with E-state index in [0.29, 0.717) is 11.6 Å². The zero-order chi connectivity index (χ0) is 20.1. The molecular weight excluding hydrogens is 389 g/mol. The molecule has 28 heavy (non-hydrogen) atoms. The molecule has 0 saturated heterocycles. The first-order valence-corrected chi connectivity index (χ1v) is 9.58. The molecule has 4 nitrogen and oxygen atoms in total. The van der Waals surface area contributed by atoms with Crippen LogP contribution in [-0.2, 0) is 6.18 Å². The molecule has 2 aromatic rings. The number of aryl methyl sites for hydroxylation is 1. The maximum atomic E-state index is 12.9. The summed E-state index contributed by atoms with van der Waals surface area (Å²) in [4.78, 5) is 6.82. The summed E-state index contributed by atoms with van der Waals surface area (Å²) in [5, 5.41) is 11.8. The van der Waals surface area contributed by atoms with E-state index in [2.05, 4.69) is 15.2 Å². The molecule has 0 unspecified atom stereocenters. The highest BCUT2D eigenvalue weighted by atomic mass is 35.5. The molecule has 0 spiro atoms. The topological polar surface area (TPSA) is 52.0 Å². The van der Waals surface area contributed by atoms with Gasteiger partial charge in [0.15, 0.2) is 0 Å². The first-order chi connectivity index (χ1) is 13.2. The second-order valence-corrected chi connectivity index (χ2v) is 7.80. The number of aromatic nitrogens is 1. The highest BCUT2D eigenvalue weighted by Gasteiger charge is 2.32. The number of nitrogens with one attached hydrogen (secondary N) is 2. The maximum Gasteiger partial charge on any atom is 0.416 e. The van der Waals surface area contributed by atoms with Crippen LogP contribution in [0.2, 0.25) is 5.02 Å². The average Bonchev–Trinajstić information content (AvgIpc) is 3.44. The van der Waals surface area contributed by atoms with E-state index in [1.165, 1.54) is 18.9 Å². The van der Waals surface area contributed by atoms with Crippen LogP contribution in [0, 0.1) is 18.3 Å². The van der Waals surface area contributed by atoms with Gasteiger partial charge in [0.2, 0.25) is 0 Å². The molecule has 1 aromatic carbocycles. The number of fused-ring (bicyclic) bond motifs is 1. The van der Waals surface area contributed by atoms with Crippen LogP contribution in [0.1, 0.15) is 35.4 Å². The van der Waals surface area contributed by atoms with Crippen LogP contribution in [0.3, 0.4) is 0 Å². The van der Waals surface area contributed by atoms with Crippen molar-refractivity contribution < 1.29 is 13.2 Å². The Kier molecular flexibility index (Phi) is 4.73.